The smallest absolute Gasteiger partial charge is 0.255 e. The van der Waals surface area contributed by atoms with Gasteiger partial charge in [0, 0.05) is 32.0 Å². The van der Waals surface area contributed by atoms with Crippen LogP contribution in [0.1, 0.15) is 41.4 Å². The van der Waals surface area contributed by atoms with Gasteiger partial charge in [0.1, 0.15) is 18.2 Å². The van der Waals surface area contributed by atoms with Crippen molar-refractivity contribution in [2.75, 3.05) is 13.2 Å². The van der Waals surface area contributed by atoms with Crippen molar-refractivity contribution in [3.05, 3.63) is 69.9 Å². The minimum absolute atomic E-state index is 0.0461. The molecule has 1 aromatic heterocycles. The number of hydrogen-bond acceptors (Lipinski definition) is 4. The van der Waals surface area contributed by atoms with E-state index in [2.05, 4.69) is 28.6 Å². The van der Waals surface area contributed by atoms with E-state index in [0.717, 1.165) is 55.2 Å². The number of aromatic amines is 1. The highest BCUT2D eigenvalue weighted by Crippen LogP contribution is 2.37. The van der Waals surface area contributed by atoms with Crippen LogP contribution in [-0.4, -0.2) is 28.0 Å². The van der Waals surface area contributed by atoms with Crippen LogP contribution in [0.25, 0.3) is 0 Å². The maximum absolute atomic E-state index is 12.4. The molecule has 0 bridgehead atoms. The average molecular weight is 337 g/mol. The van der Waals surface area contributed by atoms with Gasteiger partial charge in [0.25, 0.3) is 5.56 Å². The molecule has 2 aliphatic rings. The van der Waals surface area contributed by atoms with E-state index in [0.29, 0.717) is 19.1 Å². The standard InChI is InChI=1S/C20H23N3O2/c1-2-11-25-16-7-3-14(4-8-16)12-23-10-9-18-17(13-23)20(24)22-19(21-18)15-5-6-15/h2-4,7-8,15H,1,5-6,9-13H2,(H,21,22,24). The Labute approximate surface area is 147 Å². The van der Waals surface area contributed by atoms with Crippen molar-refractivity contribution in [1.29, 1.82) is 0 Å². The molecule has 2 heterocycles. The van der Waals surface area contributed by atoms with Crippen LogP contribution >= 0.6 is 0 Å². The first-order valence-corrected chi connectivity index (χ1v) is 8.90. The van der Waals surface area contributed by atoms with E-state index in [1.165, 1.54) is 5.56 Å². The number of ether oxygens (including phenoxy) is 1. The lowest BCUT2D eigenvalue weighted by Crippen LogP contribution is -2.35. The summed E-state index contributed by atoms with van der Waals surface area (Å²) >= 11 is 0. The van der Waals surface area contributed by atoms with Gasteiger partial charge in [0.15, 0.2) is 0 Å². The Balaban J connectivity index is 1.43. The third-order valence-corrected chi connectivity index (χ3v) is 4.83. The zero-order valence-corrected chi connectivity index (χ0v) is 14.3. The van der Waals surface area contributed by atoms with E-state index < -0.39 is 0 Å². The van der Waals surface area contributed by atoms with Gasteiger partial charge in [-0.25, -0.2) is 4.98 Å². The maximum atomic E-state index is 12.4. The van der Waals surface area contributed by atoms with E-state index in [1.807, 2.05) is 12.1 Å². The minimum Gasteiger partial charge on any atom is -0.490 e. The fraction of sp³-hybridized carbons (Fsp3) is 0.400. The monoisotopic (exact) mass is 337 g/mol. The summed E-state index contributed by atoms with van der Waals surface area (Å²) < 4.78 is 5.51. The molecule has 0 saturated heterocycles. The Bertz CT molecular complexity index is 822. The average Bonchev–Trinajstić information content (AvgIpc) is 3.47. The highest BCUT2D eigenvalue weighted by Gasteiger charge is 2.29. The van der Waals surface area contributed by atoms with Gasteiger partial charge >= 0.3 is 0 Å². The zero-order valence-electron chi connectivity index (χ0n) is 14.3. The van der Waals surface area contributed by atoms with Crippen molar-refractivity contribution in [3.8, 4) is 5.75 Å². The SMILES string of the molecule is C=CCOc1ccc(CN2CCc3nc(C4CC4)[nH]c(=O)c3C2)cc1. The molecule has 1 aromatic carbocycles. The second kappa shape index (κ2) is 6.84. The number of hydrogen-bond donors (Lipinski definition) is 1. The van der Waals surface area contributed by atoms with Crippen molar-refractivity contribution < 1.29 is 4.74 Å². The quantitative estimate of drug-likeness (QED) is 0.824. The van der Waals surface area contributed by atoms with Gasteiger partial charge in [0.05, 0.1) is 11.3 Å². The lowest BCUT2D eigenvalue weighted by molar-refractivity contribution is 0.241. The molecule has 1 fully saturated rings. The van der Waals surface area contributed by atoms with Crippen molar-refractivity contribution in [2.24, 2.45) is 0 Å². The summed E-state index contributed by atoms with van der Waals surface area (Å²) in [5.74, 6) is 2.23. The number of rotatable bonds is 6. The van der Waals surface area contributed by atoms with E-state index in [9.17, 15) is 4.79 Å². The molecule has 0 spiro atoms. The van der Waals surface area contributed by atoms with Crippen LogP contribution in [0.15, 0.2) is 41.7 Å². The lowest BCUT2D eigenvalue weighted by atomic mass is 10.1. The largest absolute Gasteiger partial charge is 0.490 e. The van der Waals surface area contributed by atoms with Gasteiger partial charge in [0.2, 0.25) is 0 Å². The van der Waals surface area contributed by atoms with Crippen LogP contribution in [0.5, 0.6) is 5.75 Å². The zero-order chi connectivity index (χ0) is 17.2. The van der Waals surface area contributed by atoms with Gasteiger partial charge in [-0.1, -0.05) is 24.8 Å². The van der Waals surface area contributed by atoms with Gasteiger partial charge in [-0.05, 0) is 30.5 Å². The molecule has 0 amide bonds. The highest BCUT2D eigenvalue weighted by molar-refractivity contribution is 5.28. The van der Waals surface area contributed by atoms with Crippen molar-refractivity contribution >= 4 is 0 Å². The van der Waals surface area contributed by atoms with Gasteiger partial charge in [-0.15, -0.1) is 0 Å². The first-order valence-electron chi connectivity index (χ1n) is 8.90. The van der Waals surface area contributed by atoms with Crippen LogP contribution in [-0.2, 0) is 19.5 Å². The van der Waals surface area contributed by atoms with Gasteiger partial charge in [-0.2, -0.15) is 0 Å². The molecule has 0 radical (unpaired) electrons. The summed E-state index contributed by atoms with van der Waals surface area (Å²) in [5.41, 5.74) is 3.09. The molecular weight excluding hydrogens is 314 g/mol. The van der Waals surface area contributed by atoms with Gasteiger partial charge < -0.3 is 9.72 Å². The third-order valence-electron chi connectivity index (χ3n) is 4.83. The fourth-order valence-corrected chi connectivity index (χ4v) is 3.29. The molecule has 1 N–H and O–H groups in total. The summed E-state index contributed by atoms with van der Waals surface area (Å²) in [7, 11) is 0. The number of nitrogens with zero attached hydrogens (tertiary/aromatic N) is 2. The lowest BCUT2D eigenvalue weighted by Gasteiger charge is -2.27. The summed E-state index contributed by atoms with van der Waals surface area (Å²) in [6.07, 6.45) is 4.89. The number of fused-ring (bicyclic) bond motifs is 1. The molecule has 1 aliphatic carbocycles. The topological polar surface area (TPSA) is 58.2 Å². The molecule has 2 aromatic rings. The predicted molar refractivity (Wildman–Crippen MR) is 96.8 cm³/mol. The van der Waals surface area contributed by atoms with E-state index in [1.54, 1.807) is 6.08 Å². The number of nitrogens with one attached hydrogen (secondary N) is 1. The Kier molecular flexibility index (Phi) is 4.40. The summed E-state index contributed by atoms with van der Waals surface area (Å²) in [5, 5.41) is 0. The van der Waals surface area contributed by atoms with Gasteiger partial charge in [-0.3, -0.25) is 9.69 Å². The molecule has 130 valence electrons. The van der Waals surface area contributed by atoms with E-state index in [-0.39, 0.29) is 5.56 Å². The van der Waals surface area contributed by atoms with Crippen LogP contribution in [0.4, 0.5) is 0 Å². The summed E-state index contributed by atoms with van der Waals surface area (Å²) in [4.78, 5) is 22.4. The molecular formula is C20H23N3O2. The number of benzene rings is 1. The van der Waals surface area contributed by atoms with Crippen LogP contribution in [0, 0.1) is 0 Å². The molecule has 25 heavy (non-hydrogen) atoms. The molecule has 0 atom stereocenters. The Morgan fingerprint density at radius 1 is 1.32 bits per heavy atom. The number of H-pyrrole nitrogens is 1. The number of aromatic nitrogens is 2. The highest BCUT2D eigenvalue weighted by atomic mass is 16.5. The third kappa shape index (κ3) is 3.66. The molecule has 5 nitrogen and oxygen atoms in total. The summed E-state index contributed by atoms with van der Waals surface area (Å²) in [6, 6.07) is 8.11. The fourth-order valence-electron chi connectivity index (χ4n) is 3.29. The molecule has 1 aliphatic heterocycles. The maximum Gasteiger partial charge on any atom is 0.255 e. The van der Waals surface area contributed by atoms with Crippen molar-refractivity contribution in [1.82, 2.24) is 14.9 Å². The van der Waals surface area contributed by atoms with E-state index >= 15 is 0 Å². The second-order valence-corrected chi connectivity index (χ2v) is 6.85. The second-order valence-electron chi connectivity index (χ2n) is 6.85. The molecule has 4 rings (SSSR count). The van der Waals surface area contributed by atoms with Crippen molar-refractivity contribution in [3.63, 3.8) is 0 Å². The first-order chi connectivity index (χ1) is 12.2. The van der Waals surface area contributed by atoms with Crippen LogP contribution < -0.4 is 10.3 Å². The normalized spacial score (nSPS) is 17.1. The Morgan fingerprint density at radius 3 is 2.84 bits per heavy atom. The Morgan fingerprint density at radius 2 is 2.12 bits per heavy atom. The first kappa shape index (κ1) is 16.1. The van der Waals surface area contributed by atoms with Crippen molar-refractivity contribution in [2.45, 2.75) is 38.3 Å². The molecule has 5 heteroatoms. The van der Waals surface area contributed by atoms with Crippen LogP contribution in [0.3, 0.4) is 0 Å². The Hall–Kier alpha value is -2.40. The summed E-state index contributed by atoms with van der Waals surface area (Å²) in [6.45, 7) is 6.59. The predicted octanol–water partition coefficient (Wildman–Crippen LogP) is 2.77. The van der Waals surface area contributed by atoms with Crippen LogP contribution in [0.2, 0.25) is 0 Å². The molecule has 1 saturated carbocycles. The molecule has 0 unspecified atom stereocenters. The minimum atomic E-state index is 0.0461. The van der Waals surface area contributed by atoms with E-state index in [4.69, 9.17) is 9.72 Å².